The summed E-state index contributed by atoms with van der Waals surface area (Å²) in [6.45, 7) is -0.972. The van der Waals surface area contributed by atoms with Crippen LogP contribution >= 0.6 is 0 Å². The van der Waals surface area contributed by atoms with Crippen molar-refractivity contribution in [3.63, 3.8) is 0 Å². The average molecular weight is 478 g/mol. The van der Waals surface area contributed by atoms with E-state index < -0.39 is 64.4 Å². The number of carbonyl (C=O) groups is 1. The Kier molecular flexibility index (Phi) is 5.89. The van der Waals surface area contributed by atoms with Crippen LogP contribution in [0, 0.1) is 11.6 Å². The van der Waals surface area contributed by atoms with Gasteiger partial charge in [-0.2, -0.15) is 13.2 Å². The highest BCUT2D eigenvalue weighted by atomic mass is 19.4. The Morgan fingerprint density at radius 2 is 1.88 bits per heavy atom. The van der Waals surface area contributed by atoms with Crippen molar-refractivity contribution in [3.8, 4) is 22.6 Å². The number of nitrogens with zero attached hydrogens (tertiary/aromatic N) is 2. The van der Waals surface area contributed by atoms with Gasteiger partial charge in [0.1, 0.15) is 18.2 Å². The molecule has 2 aromatic rings. The van der Waals surface area contributed by atoms with Crippen LogP contribution in [0.15, 0.2) is 24.3 Å². The van der Waals surface area contributed by atoms with E-state index in [9.17, 15) is 36.2 Å². The number of carbonyl (C=O) groups excluding carboxylic acids is 1. The van der Waals surface area contributed by atoms with Crippen LogP contribution in [0.5, 0.6) is 11.5 Å². The minimum absolute atomic E-state index is 0.00921. The molecule has 0 bridgehead atoms. The monoisotopic (exact) mass is 478 g/mol. The molecule has 0 saturated carbocycles. The summed E-state index contributed by atoms with van der Waals surface area (Å²) in [5.74, 6) is -5.71. The van der Waals surface area contributed by atoms with Gasteiger partial charge in [0.2, 0.25) is 0 Å². The Labute approximate surface area is 183 Å². The number of hydrogen-bond donors (Lipinski definition) is 1. The topological polar surface area (TPSA) is 53.0 Å². The number of piperazine rings is 1. The van der Waals surface area contributed by atoms with Crippen LogP contribution in [0.4, 0.5) is 30.7 Å². The van der Waals surface area contributed by atoms with E-state index in [4.69, 9.17) is 4.74 Å². The lowest BCUT2D eigenvalue weighted by Crippen LogP contribution is -2.57. The van der Waals surface area contributed by atoms with Crippen LogP contribution in [0.2, 0.25) is 0 Å². The van der Waals surface area contributed by atoms with Crippen molar-refractivity contribution in [1.82, 2.24) is 9.80 Å². The average Bonchev–Trinajstić information content (AvgIpc) is 2.92. The Bertz CT molecular complexity index is 1090. The molecule has 178 valence electrons. The van der Waals surface area contributed by atoms with Crippen molar-refractivity contribution in [2.45, 2.75) is 25.2 Å². The van der Waals surface area contributed by atoms with Crippen molar-refractivity contribution in [3.05, 3.63) is 47.0 Å². The number of halogens is 7. The summed E-state index contributed by atoms with van der Waals surface area (Å²) in [4.78, 5) is 13.8. The van der Waals surface area contributed by atoms with E-state index in [0.717, 1.165) is 24.3 Å². The SMILES string of the molecule is O=C(N1CCN2Cc3cc(F)c(-c4c(O)cccc4C(F)F)c(F)c3OCC2C1)C(F)(F)F. The number of benzene rings is 2. The minimum atomic E-state index is -5.04. The fourth-order valence-electron chi connectivity index (χ4n) is 4.19. The molecule has 12 heteroatoms. The summed E-state index contributed by atoms with van der Waals surface area (Å²) >= 11 is 0. The zero-order valence-corrected chi connectivity index (χ0v) is 16.8. The van der Waals surface area contributed by atoms with E-state index in [1.54, 1.807) is 4.90 Å². The predicted molar refractivity (Wildman–Crippen MR) is 101 cm³/mol. The first kappa shape index (κ1) is 23.1. The van der Waals surface area contributed by atoms with Gasteiger partial charge in [-0.1, -0.05) is 12.1 Å². The summed E-state index contributed by atoms with van der Waals surface area (Å²) in [6.07, 6.45) is -8.17. The summed E-state index contributed by atoms with van der Waals surface area (Å²) < 4.78 is 101. The molecule has 1 amide bonds. The number of fused-ring (bicyclic) bond motifs is 2. The number of aromatic hydroxyl groups is 1. The molecule has 4 rings (SSSR count). The lowest BCUT2D eigenvalue weighted by Gasteiger charge is -2.39. The van der Waals surface area contributed by atoms with Crippen LogP contribution in [0.3, 0.4) is 0 Å². The minimum Gasteiger partial charge on any atom is -0.507 e. The molecular weight excluding hydrogens is 461 g/mol. The molecule has 1 N–H and O–H groups in total. The fraction of sp³-hybridized carbons (Fsp3) is 0.381. The molecule has 2 aliphatic heterocycles. The van der Waals surface area contributed by atoms with Crippen LogP contribution in [-0.2, 0) is 11.3 Å². The molecule has 1 saturated heterocycles. The maximum atomic E-state index is 15.4. The van der Waals surface area contributed by atoms with Gasteiger partial charge in [0.05, 0.1) is 11.6 Å². The Hall–Kier alpha value is -3.02. The number of amides is 1. The number of phenolic OH excluding ortho intramolecular Hbond substituents is 1. The first-order valence-electron chi connectivity index (χ1n) is 9.83. The summed E-state index contributed by atoms with van der Waals surface area (Å²) in [6, 6.07) is 3.22. The summed E-state index contributed by atoms with van der Waals surface area (Å²) in [7, 11) is 0. The van der Waals surface area contributed by atoms with E-state index in [1.165, 1.54) is 0 Å². The van der Waals surface area contributed by atoms with E-state index in [-0.39, 0.29) is 38.3 Å². The molecule has 2 heterocycles. The van der Waals surface area contributed by atoms with Gasteiger partial charge in [-0.25, -0.2) is 17.6 Å². The van der Waals surface area contributed by atoms with Gasteiger partial charge < -0.3 is 14.7 Å². The molecule has 0 aliphatic carbocycles. The molecule has 1 unspecified atom stereocenters. The van der Waals surface area contributed by atoms with Crippen molar-refractivity contribution in [2.24, 2.45) is 0 Å². The van der Waals surface area contributed by atoms with Gasteiger partial charge in [0.25, 0.3) is 6.43 Å². The maximum absolute atomic E-state index is 15.4. The number of hydrogen-bond acceptors (Lipinski definition) is 4. The van der Waals surface area contributed by atoms with Crippen molar-refractivity contribution < 1.29 is 45.4 Å². The molecular formula is C21H17F7N2O3. The molecule has 0 aromatic heterocycles. The lowest BCUT2D eigenvalue weighted by molar-refractivity contribution is -0.188. The molecule has 33 heavy (non-hydrogen) atoms. The van der Waals surface area contributed by atoms with Gasteiger partial charge in [-0.3, -0.25) is 9.69 Å². The third kappa shape index (κ3) is 4.19. The highest BCUT2D eigenvalue weighted by Crippen LogP contribution is 2.44. The molecule has 2 aliphatic rings. The number of phenols is 1. The van der Waals surface area contributed by atoms with Crippen LogP contribution in [0.1, 0.15) is 17.6 Å². The Balaban J connectivity index is 1.69. The molecule has 0 radical (unpaired) electrons. The van der Waals surface area contributed by atoms with Crippen molar-refractivity contribution in [1.29, 1.82) is 0 Å². The zero-order chi connectivity index (χ0) is 24.1. The zero-order valence-electron chi connectivity index (χ0n) is 16.8. The van der Waals surface area contributed by atoms with Crippen LogP contribution in [-0.4, -0.2) is 59.3 Å². The van der Waals surface area contributed by atoms with Gasteiger partial charge in [0, 0.05) is 42.9 Å². The molecule has 2 aromatic carbocycles. The summed E-state index contributed by atoms with van der Waals surface area (Å²) in [5, 5.41) is 10.1. The van der Waals surface area contributed by atoms with E-state index in [2.05, 4.69) is 0 Å². The quantitative estimate of drug-likeness (QED) is 0.657. The number of ether oxygens (including phenoxy) is 1. The lowest BCUT2D eigenvalue weighted by atomic mass is 9.95. The van der Waals surface area contributed by atoms with Crippen LogP contribution < -0.4 is 4.74 Å². The normalized spacial score (nSPS) is 19.0. The smallest absolute Gasteiger partial charge is 0.471 e. The highest BCUT2D eigenvalue weighted by Gasteiger charge is 2.45. The second-order valence-corrected chi connectivity index (χ2v) is 7.76. The third-order valence-corrected chi connectivity index (χ3v) is 5.74. The van der Waals surface area contributed by atoms with Gasteiger partial charge in [-0.15, -0.1) is 0 Å². The number of rotatable bonds is 2. The fourth-order valence-corrected chi connectivity index (χ4v) is 4.19. The molecule has 1 fully saturated rings. The standard InChI is InChI=1S/C21H17F7N2O3/c22-13-6-10-7-29-4-5-30(20(32)21(26,27)28)8-11(29)9-33-18(10)17(23)16(13)15-12(19(24)25)2-1-3-14(15)31/h1-3,6,11,19,31H,4-5,7-9H2. The van der Waals surface area contributed by atoms with Crippen molar-refractivity contribution >= 4 is 5.91 Å². The summed E-state index contributed by atoms with van der Waals surface area (Å²) in [5.41, 5.74) is -2.35. The Morgan fingerprint density at radius 1 is 1.15 bits per heavy atom. The van der Waals surface area contributed by atoms with Crippen molar-refractivity contribution in [2.75, 3.05) is 26.2 Å². The third-order valence-electron chi connectivity index (χ3n) is 5.74. The second-order valence-electron chi connectivity index (χ2n) is 7.76. The van der Waals surface area contributed by atoms with E-state index in [0.29, 0.717) is 4.90 Å². The highest BCUT2D eigenvalue weighted by molar-refractivity contribution is 5.82. The van der Waals surface area contributed by atoms with E-state index in [1.807, 2.05) is 0 Å². The van der Waals surface area contributed by atoms with Gasteiger partial charge >= 0.3 is 12.1 Å². The molecule has 1 atom stereocenters. The largest absolute Gasteiger partial charge is 0.507 e. The van der Waals surface area contributed by atoms with Crippen LogP contribution in [0.25, 0.3) is 11.1 Å². The maximum Gasteiger partial charge on any atom is 0.471 e. The molecule has 5 nitrogen and oxygen atoms in total. The second kappa shape index (κ2) is 8.40. The first-order chi connectivity index (χ1) is 15.5. The number of alkyl halides is 5. The van der Waals surface area contributed by atoms with E-state index >= 15 is 4.39 Å². The predicted octanol–water partition coefficient (Wildman–Crippen LogP) is 4.24. The van der Waals surface area contributed by atoms with Gasteiger partial charge in [-0.05, 0) is 12.1 Å². The van der Waals surface area contributed by atoms with Gasteiger partial charge in [0.15, 0.2) is 11.6 Å². The molecule has 0 spiro atoms. The first-order valence-corrected chi connectivity index (χ1v) is 9.83. The Morgan fingerprint density at radius 3 is 2.55 bits per heavy atom.